The molecule has 0 unspecified atom stereocenters. The van der Waals surface area contributed by atoms with Crippen molar-refractivity contribution in [1.82, 2.24) is 0 Å². The molecule has 1 aliphatic carbocycles. The first kappa shape index (κ1) is 16.8. The lowest BCUT2D eigenvalue weighted by Crippen LogP contribution is -2.24. The second-order valence-electron chi connectivity index (χ2n) is 6.26. The number of anilines is 2. The molecule has 2 aromatic carbocycles. The molecule has 130 valence electrons. The van der Waals surface area contributed by atoms with E-state index in [1.54, 1.807) is 6.07 Å². The van der Waals surface area contributed by atoms with E-state index >= 15 is 0 Å². The van der Waals surface area contributed by atoms with Gasteiger partial charge in [-0.1, -0.05) is 19.8 Å². The fraction of sp³-hybridized carbons (Fsp3) is 0.263. The van der Waals surface area contributed by atoms with Gasteiger partial charge in [0.05, 0.1) is 22.3 Å². The van der Waals surface area contributed by atoms with Crippen molar-refractivity contribution in [2.75, 3.05) is 11.5 Å². The smallest absolute Gasteiger partial charge is 0.202 e. The van der Waals surface area contributed by atoms with Crippen LogP contribution >= 0.6 is 0 Å². The van der Waals surface area contributed by atoms with Crippen LogP contribution < -0.4 is 11.5 Å². The number of carbonyl (C=O) groups is 2. The Kier molecular flexibility index (Phi) is 4.12. The number of ketones is 2. The number of aryl methyl sites for hydroxylation is 1. The summed E-state index contributed by atoms with van der Waals surface area (Å²) in [6.45, 7) is 2.06. The predicted octanol–water partition coefficient (Wildman–Crippen LogP) is 2.77. The molecule has 3 rings (SSSR count). The number of fused-ring (bicyclic) bond motifs is 2. The normalized spacial score (nSPS) is 12.8. The molecule has 0 radical (unpaired) electrons. The average Bonchev–Trinajstić information content (AvgIpc) is 2.57. The number of phenolic OH excluding ortho intramolecular Hbond substituents is 2. The number of benzene rings is 2. The van der Waals surface area contributed by atoms with Crippen molar-refractivity contribution in [3.05, 3.63) is 46.0 Å². The lowest BCUT2D eigenvalue weighted by atomic mass is 9.80. The maximum Gasteiger partial charge on any atom is 0.202 e. The van der Waals surface area contributed by atoms with Crippen LogP contribution in [0.1, 0.15) is 63.6 Å². The van der Waals surface area contributed by atoms with E-state index in [0.717, 1.165) is 19.3 Å². The van der Waals surface area contributed by atoms with Crippen LogP contribution in [0.5, 0.6) is 11.5 Å². The Bertz CT molecular complexity index is 903. The van der Waals surface area contributed by atoms with Gasteiger partial charge in [0.25, 0.3) is 0 Å². The van der Waals surface area contributed by atoms with Gasteiger partial charge in [-0.05, 0) is 36.6 Å². The van der Waals surface area contributed by atoms with Gasteiger partial charge in [0, 0.05) is 11.4 Å². The van der Waals surface area contributed by atoms with Crippen LogP contribution in [0.25, 0.3) is 0 Å². The Labute approximate surface area is 145 Å². The number of hydrogen-bond acceptors (Lipinski definition) is 6. The number of hydrogen-bond donors (Lipinski definition) is 4. The highest BCUT2D eigenvalue weighted by molar-refractivity contribution is 6.33. The Morgan fingerprint density at radius 2 is 1.52 bits per heavy atom. The maximum atomic E-state index is 12.9. The van der Waals surface area contributed by atoms with Crippen LogP contribution in [0.15, 0.2) is 18.2 Å². The molecule has 0 heterocycles. The summed E-state index contributed by atoms with van der Waals surface area (Å²) < 4.78 is 0. The molecule has 6 nitrogen and oxygen atoms in total. The molecule has 0 fully saturated rings. The number of rotatable bonds is 4. The van der Waals surface area contributed by atoms with E-state index in [-0.39, 0.29) is 45.1 Å². The topological polar surface area (TPSA) is 127 Å². The molecule has 0 amide bonds. The van der Waals surface area contributed by atoms with E-state index in [2.05, 4.69) is 6.92 Å². The van der Waals surface area contributed by atoms with E-state index in [0.29, 0.717) is 12.0 Å². The summed E-state index contributed by atoms with van der Waals surface area (Å²) in [4.78, 5) is 25.7. The molecule has 25 heavy (non-hydrogen) atoms. The fourth-order valence-electron chi connectivity index (χ4n) is 3.31. The fourth-order valence-corrected chi connectivity index (χ4v) is 3.31. The van der Waals surface area contributed by atoms with Crippen LogP contribution in [-0.4, -0.2) is 21.8 Å². The SMILES string of the molecule is CCCCCc1cc(N)c2c(c1O)C(=O)c1c(O)ccc(N)c1C2=O. The molecular formula is C19H20N2O4. The number of aromatic hydroxyl groups is 2. The van der Waals surface area contributed by atoms with Crippen molar-refractivity contribution in [3.63, 3.8) is 0 Å². The van der Waals surface area contributed by atoms with Crippen molar-refractivity contribution in [2.45, 2.75) is 32.6 Å². The zero-order valence-electron chi connectivity index (χ0n) is 13.9. The summed E-state index contributed by atoms with van der Waals surface area (Å²) in [7, 11) is 0. The van der Waals surface area contributed by atoms with E-state index in [1.807, 2.05) is 0 Å². The first-order valence-corrected chi connectivity index (χ1v) is 8.23. The quantitative estimate of drug-likeness (QED) is 0.328. The van der Waals surface area contributed by atoms with Gasteiger partial charge in [-0.3, -0.25) is 9.59 Å². The highest BCUT2D eigenvalue weighted by Gasteiger charge is 2.37. The Balaban J connectivity index is 2.22. The van der Waals surface area contributed by atoms with E-state index in [4.69, 9.17) is 11.5 Å². The summed E-state index contributed by atoms with van der Waals surface area (Å²) in [5.74, 6) is -1.80. The number of carbonyl (C=O) groups excluding carboxylic acids is 2. The molecular weight excluding hydrogens is 320 g/mol. The Morgan fingerprint density at radius 3 is 2.20 bits per heavy atom. The van der Waals surface area contributed by atoms with E-state index in [9.17, 15) is 19.8 Å². The minimum absolute atomic E-state index is 0.0495. The number of nitrogens with two attached hydrogens (primary N) is 2. The number of nitrogen functional groups attached to an aromatic ring is 2. The molecule has 0 atom stereocenters. The third kappa shape index (κ3) is 2.50. The lowest BCUT2D eigenvalue weighted by molar-refractivity contribution is 0.0975. The van der Waals surface area contributed by atoms with Crippen LogP contribution in [-0.2, 0) is 6.42 Å². The number of phenols is 2. The molecule has 0 aliphatic heterocycles. The first-order chi connectivity index (χ1) is 11.9. The summed E-state index contributed by atoms with van der Waals surface area (Å²) in [5, 5.41) is 20.6. The lowest BCUT2D eigenvalue weighted by Gasteiger charge is -2.23. The minimum Gasteiger partial charge on any atom is -0.507 e. The van der Waals surface area contributed by atoms with Crippen LogP contribution in [0.2, 0.25) is 0 Å². The van der Waals surface area contributed by atoms with Crippen LogP contribution in [0.4, 0.5) is 11.4 Å². The first-order valence-electron chi connectivity index (χ1n) is 8.23. The van der Waals surface area contributed by atoms with Gasteiger partial charge in [0.2, 0.25) is 5.78 Å². The number of unbranched alkanes of at least 4 members (excludes halogenated alkanes) is 2. The summed E-state index contributed by atoms with van der Waals surface area (Å²) in [5.41, 5.74) is 12.2. The Hall–Kier alpha value is -3.02. The summed E-state index contributed by atoms with van der Waals surface area (Å²) in [6, 6.07) is 4.16. The van der Waals surface area contributed by atoms with Crippen LogP contribution in [0.3, 0.4) is 0 Å². The highest BCUT2D eigenvalue weighted by Crippen LogP contribution is 2.42. The molecule has 0 aromatic heterocycles. The monoisotopic (exact) mass is 340 g/mol. The van der Waals surface area contributed by atoms with Gasteiger partial charge in [-0.15, -0.1) is 0 Å². The highest BCUT2D eigenvalue weighted by atomic mass is 16.3. The zero-order chi connectivity index (χ0) is 18.3. The van der Waals surface area contributed by atoms with Gasteiger partial charge >= 0.3 is 0 Å². The molecule has 6 N–H and O–H groups in total. The second kappa shape index (κ2) is 6.12. The van der Waals surface area contributed by atoms with Gasteiger partial charge in [-0.2, -0.15) is 0 Å². The molecule has 0 spiro atoms. The summed E-state index contributed by atoms with van der Waals surface area (Å²) >= 11 is 0. The van der Waals surface area contributed by atoms with E-state index < -0.39 is 11.6 Å². The largest absolute Gasteiger partial charge is 0.507 e. The van der Waals surface area contributed by atoms with Crippen LogP contribution in [0, 0.1) is 0 Å². The average molecular weight is 340 g/mol. The summed E-state index contributed by atoms with van der Waals surface area (Å²) in [6.07, 6.45) is 3.37. The second-order valence-corrected chi connectivity index (χ2v) is 6.26. The molecule has 0 bridgehead atoms. The molecule has 6 heteroatoms. The third-order valence-electron chi connectivity index (χ3n) is 4.58. The van der Waals surface area contributed by atoms with Gasteiger partial charge < -0.3 is 21.7 Å². The standard InChI is InChI=1S/C19H20N2O4/c1-2-3-4-5-9-8-11(21)14-16(17(9)23)19(25)15-12(22)7-6-10(20)13(15)18(14)24/h6-8,22-23H,2-5,20-21H2,1H3. The molecule has 0 saturated heterocycles. The van der Waals surface area contributed by atoms with E-state index in [1.165, 1.54) is 12.1 Å². The predicted molar refractivity (Wildman–Crippen MR) is 95.1 cm³/mol. The van der Waals surface area contributed by atoms with Crippen molar-refractivity contribution < 1.29 is 19.8 Å². The maximum absolute atomic E-state index is 12.9. The van der Waals surface area contributed by atoms with Gasteiger partial charge in [-0.25, -0.2) is 0 Å². The zero-order valence-corrected chi connectivity index (χ0v) is 13.9. The molecule has 0 saturated carbocycles. The Morgan fingerprint density at radius 1 is 0.880 bits per heavy atom. The third-order valence-corrected chi connectivity index (χ3v) is 4.58. The van der Waals surface area contributed by atoms with Gasteiger partial charge in [0.15, 0.2) is 5.78 Å². The molecule has 1 aliphatic rings. The molecule has 2 aromatic rings. The van der Waals surface area contributed by atoms with Crippen molar-refractivity contribution in [1.29, 1.82) is 0 Å². The van der Waals surface area contributed by atoms with Crippen molar-refractivity contribution in [3.8, 4) is 11.5 Å². The van der Waals surface area contributed by atoms with Crippen molar-refractivity contribution in [2.24, 2.45) is 0 Å². The van der Waals surface area contributed by atoms with Crippen molar-refractivity contribution >= 4 is 22.9 Å². The minimum atomic E-state index is -0.643. The van der Waals surface area contributed by atoms with Gasteiger partial charge in [0.1, 0.15) is 11.5 Å².